The van der Waals surface area contributed by atoms with Gasteiger partial charge in [-0.05, 0) is 35.0 Å². The third kappa shape index (κ3) is 3.86. The molecular formula is C20H18ClNO3. The van der Waals surface area contributed by atoms with Crippen molar-refractivity contribution in [2.45, 2.75) is 0 Å². The molecule has 3 aromatic rings. The van der Waals surface area contributed by atoms with Gasteiger partial charge in [-0.3, -0.25) is 4.79 Å². The standard InChI is InChI=1S/C20H18ClNO3/c1-22(10-11-25-19-9-5-4-8-17(19)21)20(24)16-12-14-6-2-3-7-15(14)13-18(16)23/h2-9,12-13,23H,10-11H2,1H3. The molecule has 0 heterocycles. The second-order valence-electron chi connectivity index (χ2n) is 5.72. The Balaban J connectivity index is 1.68. The van der Waals surface area contributed by atoms with Crippen LogP contribution < -0.4 is 4.74 Å². The van der Waals surface area contributed by atoms with E-state index < -0.39 is 0 Å². The summed E-state index contributed by atoms with van der Waals surface area (Å²) in [5.41, 5.74) is 0.277. The Labute approximate surface area is 151 Å². The van der Waals surface area contributed by atoms with Crippen molar-refractivity contribution in [2.75, 3.05) is 20.2 Å². The van der Waals surface area contributed by atoms with Crippen molar-refractivity contribution in [1.82, 2.24) is 4.90 Å². The van der Waals surface area contributed by atoms with E-state index in [0.29, 0.717) is 23.9 Å². The zero-order valence-electron chi connectivity index (χ0n) is 13.8. The molecule has 0 atom stereocenters. The molecule has 0 radical (unpaired) electrons. The number of para-hydroxylation sites is 1. The maximum absolute atomic E-state index is 12.6. The van der Waals surface area contributed by atoms with Crippen LogP contribution in [0, 0.1) is 0 Å². The number of hydrogen-bond donors (Lipinski definition) is 1. The van der Waals surface area contributed by atoms with E-state index in [2.05, 4.69) is 0 Å². The number of nitrogens with zero attached hydrogens (tertiary/aromatic N) is 1. The first-order chi connectivity index (χ1) is 12.1. The van der Waals surface area contributed by atoms with Crippen molar-refractivity contribution < 1.29 is 14.6 Å². The van der Waals surface area contributed by atoms with Gasteiger partial charge >= 0.3 is 0 Å². The molecule has 25 heavy (non-hydrogen) atoms. The minimum Gasteiger partial charge on any atom is -0.507 e. The number of likely N-dealkylation sites (N-methyl/N-ethyl adjacent to an activating group) is 1. The molecule has 0 fully saturated rings. The zero-order valence-corrected chi connectivity index (χ0v) is 14.5. The summed E-state index contributed by atoms with van der Waals surface area (Å²) in [7, 11) is 1.67. The highest BCUT2D eigenvalue weighted by molar-refractivity contribution is 6.32. The number of aromatic hydroxyl groups is 1. The van der Waals surface area contributed by atoms with Gasteiger partial charge in [-0.15, -0.1) is 0 Å². The van der Waals surface area contributed by atoms with Crippen LogP contribution in [-0.4, -0.2) is 36.1 Å². The molecule has 3 aromatic carbocycles. The number of fused-ring (bicyclic) bond motifs is 1. The van der Waals surface area contributed by atoms with E-state index in [1.54, 1.807) is 31.3 Å². The minimum absolute atomic E-state index is 0.0254. The van der Waals surface area contributed by atoms with E-state index >= 15 is 0 Å². The van der Waals surface area contributed by atoms with E-state index in [1.807, 2.05) is 36.4 Å². The van der Waals surface area contributed by atoms with Gasteiger partial charge in [0, 0.05) is 7.05 Å². The normalized spacial score (nSPS) is 10.6. The summed E-state index contributed by atoms with van der Waals surface area (Å²) >= 11 is 6.04. The van der Waals surface area contributed by atoms with Crippen LogP contribution in [0.3, 0.4) is 0 Å². The molecular weight excluding hydrogens is 338 g/mol. The lowest BCUT2D eigenvalue weighted by molar-refractivity contribution is 0.0771. The van der Waals surface area contributed by atoms with Gasteiger partial charge in [0.1, 0.15) is 18.1 Å². The number of hydrogen-bond acceptors (Lipinski definition) is 3. The first-order valence-electron chi connectivity index (χ1n) is 7.91. The maximum atomic E-state index is 12.6. The SMILES string of the molecule is CN(CCOc1ccccc1Cl)C(=O)c1cc2ccccc2cc1O. The molecule has 3 rings (SSSR count). The van der Waals surface area contributed by atoms with E-state index in [4.69, 9.17) is 16.3 Å². The summed E-state index contributed by atoms with van der Waals surface area (Å²) in [4.78, 5) is 14.1. The molecule has 0 aliphatic carbocycles. The predicted molar refractivity (Wildman–Crippen MR) is 99.5 cm³/mol. The van der Waals surface area contributed by atoms with Crippen LogP contribution >= 0.6 is 11.6 Å². The number of carbonyl (C=O) groups is 1. The van der Waals surface area contributed by atoms with Gasteiger partial charge in [0.15, 0.2) is 0 Å². The monoisotopic (exact) mass is 355 g/mol. The van der Waals surface area contributed by atoms with Crippen LogP contribution in [-0.2, 0) is 0 Å². The maximum Gasteiger partial charge on any atom is 0.257 e. The fourth-order valence-corrected chi connectivity index (χ4v) is 2.75. The molecule has 0 aliphatic heterocycles. The number of amides is 1. The molecule has 0 aromatic heterocycles. The van der Waals surface area contributed by atoms with Crippen molar-refractivity contribution in [1.29, 1.82) is 0 Å². The fraction of sp³-hybridized carbons (Fsp3) is 0.150. The Hall–Kier alpha value is -2.72. The average molecular weight is 356 g/mol. The van der Waals surface area contributed by atoms with Gasteiger partial charge in [0.05, 0.1) is 17.1 Å². The number of phenolic OH excluding ortho intramolecular Hbond substituents is 1. The number of rotatable bonds is 5. The van der Waals surface area contributed by atoms with Crippen LogP contribution in [0.25, 0.3) is 10.8 Å². The fourth-order valence-electron chi connectivity index (χ4n) is 2.56. The average Bonchev–Trinajstić information content (AvgIpc) is 2.62. The molecule has 0 saturated heterocycles. The lowest BCUT2D eigenvalue weighted by Crippen LogP contribution is -2.31. The summed E-state index contributed by atoms with van der Waals surface area (Å²) in [5, 5.41) is 12.5. The smallest absolute Gasteiger partial charge is 0.257 e. The molecule has 128 valence electrons. The highest BCUT2D eigenvalue weighted by Gasteiger charge is 2.16. The third-order valence-corrected chi connectivity index (χ3v) is 4.27. The van der Waals surface area contributed by atoms with E-state index in [0.717, 1.165) is 10.8 Å². The molecule has 0 aliphatic rings. The van der Waals surface area contributed by atoms with Gasteiger partial charge in [0.2, 0.25) is 0 Å². The quantitative estimate of drug-likeness (QED) is 0.740. The van der Waals surface area contributed by atoms with E-state index in [9.17, 15) is 9.90 Å². The van der Waals surface area contributed by atoms with Gasteiger partial charge in [0.25, 0.3) is 5.91 Å². The Bertz CT molecular complexity index is 910. The molecule has 4 nitrogen and oxygen atoms in total. The van der Waals surface area contributed by atoms with Crippen molar-refractivity contribution >= 4 is 28.3 Å². The number of phenols is 1. The Morgan fingerprint density at radius 2 is 1.72 bits per heavy atom. The lowest BCUT2D eigenvalue weighted by atomic mass is 10.1. The lowest BCUT2D eigenvalue weighted by Gasteiger charge is -2.18. The largest absolute Gasteiger partial charge is 0.507 e. The van der Waals surface area contributed by atoms with Gasteiger partial charge in [-0.25, -0.2) is 0 Å². The van der Waals surface area contributed by atoms with E-state index in [-0.39, 0.29) is 17.2 Å². The summed E-state index contributed by atoms with van der Waals surface area (Å²) in [6.07, 6.45) is 0. The highest BCUT2D eigenvalue weighted by Crippen LogP contribution is 2.26. The minimum atomic E-state index is -0.258. The number of benzene rings is 3. The number of halogens is 1. The molecule has 0 bridgehead atoms. The second kappa shape index (κ2) is 7.45. The molecule has 1 amide bonds. The second-order valence-corrected chi connectivity index (χ2v) is 6.13. The Morgan fingerprint density at radius 1 is 1.08 bits per heavy atom. The molecule has 0 spiro atoms. The first-order valence-corrected chi connectivity index (χ1v) is 8.28. The highest BCUT2D eigenvalue weighted by atomic mass is 35.5. The van der Waals surface area contributed by atoms with Crippen LogP contribution in [0.4, 0.5) is 0 Å². The summed E-state index contributed by atoms with van der Waals surface area (Å²) in [6.45, 7) is 0.677. The zero-order chi connectivity index (χ0) is 17.8. The van der Waals surface area contributed by atoms with Crippen LogP contribution in [0.1, 0.15) is 10.4 Å². The molecule has 0 saturated carbocycles. The first kappa shape index (κ1) is 17.1. The summed E-state index contributed by atoms with van der Waals surface area (Å²) in [6, 6.07) is 18.1. The van der Waals surface area contributed by atoms with Gasteiger partial charge in [-0.1, -0.05) is 48.0 Å². The van der Waals surface area contributed by atoms with Crippen molar-refractivity contribution in [2.24, 2.45) is 0 Å². The summed E-state index contributed by atoms with van der Waals surface area (Å²) in [5.74, 6) is 0.298. The number of carbonyl (C=O) groups excluding carboxylic acids is 1. The third-order valence-electron chi connectivity index (χ3n) is 3.96. The van der Waals surface area contributed by atoms with E-state index in [1.165, 1.54) is 4.90 Å². The van der Waals surface area contributed by atoms with Crippen molar-refractivity contribution in [3.63, 3.8) is 0 Å². The van der Waals surface area contributed by atoms with Crippen LogP contribution in [0.15, 0.2) is 60.7 Å². The summed E-state index contributed by atoms with van der Waals surface area (Å²) < 4.78 is 5.61. The molecule has 5 heteroatoms. The molecule has 0 unspecified atom stereocenters. The predicted octanol–water partition coefficient (Wildman–Crippen LogP) is 4.35. The van der Waals surface area contributed by atoms with Crippen LogP contribution in [0.5, 0.6) is 11.5 Å². The van der Waals surface area contributed by atoms with Crippen molar-refractivity contribution in [3.05, 3.63) is 71.2 Å². The van der Waals surface area contributed by atoms with Crippen molar-refractivity contribution in [3.8, 4) is 11.5 Å². The Kier molecular flexibility index (Phi) is 5.10. The number of ether oxygens (including phenoxy) is 1. The van der Waals surface area contributed by atoms with Crippen LogP contribution in [0.2, 0.25) is 5.02 Å². The topological polar surface area (TPSA) is 49.8 Å². The van der Waals surface area contributed by atoms with Gasteiger partial charge in [-0.2, -0.15) is 0 Å². The molecule has 1 N–H and O–H groups in total. The Morgan fingerprint density at radius 3 is 2.44 bits per heavy atom. The van der Waals surface area contributed by atoms with Gasteiger partial charge < -0.3 is 14.7 Å².